The largest absolute Gasteiger partial charge is 0.416 e. The zero-order valence-corrected chi connectivity index (χ0v) is 20.8. The standard InChI is InChI=1S/C25H20F6N4O3S/c26-24(27,28)17-3-2-15(19(9-17)25(29,30)31)12-35-20-4-1-14(7-16(20)10-33-35)8-21-22(36)34(23(37)39-21)13-18-11-32-5-6-38-18/h1-4,7-10,18,32H,5-6,11-13H2/b21-8-/t18-/m0/s1. The number of fused-ring (bicyclic) bond motifs is 1. The van der Waals surface area contributed by atoms with Gasteiger partial charge in [0, 0.05) is 18.5 Å². The monoisotopic (exact) mass is 570 g/mol. The van der Waals surface area contributed by atoms with Crippen molar-refractivity contribution in [2.75, 3.05) is 26.2 Å². The third-order valence-electron chi connectivity index (χ3n) is 6.29. The highest BCUT2D eigenvalue weighted by atomic mass is 32.2. The van der Waals surface area contributed by atoms with E-state index in [1.807, 2.05) is 0 Å². The van der Waals surface area contributed by atoms with Crippen molar-refractivity contribution < 1.29 is 40.7 Å². The molecule has 0 bridgehead atoms. The van der Waals surface area contributed by atoms with E-state index in [1.54, 1.807) is 24.3 Å². The Morgan fingerprint density at radius 3 is 2.56 bits per heavy atom. The van der Waals surface area contributed by atoms with Crippen molar-refractivity contribution in [1.29, 1.82) is 0 Å². The van der Waals surface area contributed by atoms with Crippen LogP contribution in [0.1, 0.15) is 22.3 Å². The number of amides is 2. The molecule has 2 fully saturated rings. The third-order valence-corrected chi connectivity index (χ3v) is 7.20. The SMILES string of the molecule is O=C1S/C(=C\c2ccc3c(cnn3Cc3ccc(C(F)(F)F)cc3C(F)(F)F)c2)C(=O)N1C[C@@H]1CNCCO1. The number of benzene rings is 2. The van der Waals surface area contributed by atoms with Gasteiger partial charge in [-0.05, 0) is 53.2 Å². The Morgan fingerprint density at radius 1 is 1.08 bits per heavy atom. The lowest BCUT2D eigenvalue weighted by atomic mass is 10.0. The fourth-order valence-electron chi connectivity index (χ4n) is 4.39. The molecule has 0 saturated carbocycles. The normalized spacial score (nSPS) is 20.0. The molecule has 2 aliphatic rings. The molecule has 1 N–H and O–H groups in total. The molecule has 3 aromatic rings. The first kappa shape index (κ1) is 27.2. The summed E-state index contributed by atoms with van der Waals surface area (Å²) in [5.74, 6) is -0.447. The minimum Gasteiger partial charge on any atom is -0.374 e. The van der Waals surface area contributed by atoms with Gasteiger partial charge in [0.25, 0.3) is 11.1 Å². The number of ether oxygens (including phenoxy) is 1. The molecule has 14 heteroatoms. The summed E-state index contributed by atoms with van der Waals surface area (Å²) in [6, 6.07) is 6.36. The van der Waals surface area contributed by atoms with Crippen LogP contribution in [0.25, 0.3) is 17.0 Å². The van der Waals surface area contributed by atoms with Crippen molar-refractivity contribution >= 4 is 39.9 Å². The predicted octanol–water partition coefficient (Wildman–Crippen LogP) is 5.15. The lowest BCUT2D eigenvalue weighted by Gasteiger charge is -2.26. The van der Waals surface area contributed by atoms with Gasteiger partial charge in [0.2, 0.25) is 0 Å². The minimum absolute atomic E-state index is 0.100. The van der Waals surface area contributed by atoms with Crippen molar-refractivity contribution in [2.24, 2.45) is 0 Å². The van der Waals surface area contributed by atoms with E-state index in [0.717, 1.165) is 22.7 Å². The number of imide groups is 1. The van der Waals surface area contributed by atoms with Crippen molar-refractivity contribution in [2.45, 2.75) is 25.0 Å². The van der Waals surface area contributed by atoms with Crippen molar-refractivity contribution in [3.8, 4) is 0 Å². The maximum atomic E-state index is 13.6. The van der Waals surface area contributed by atoms with E-state index >= 15 is 0 Å². The first-order valence-electron chi connectivity index (χ1n) is 11.7. The predicted molar refractivity (Wildman–Crippen MR) is 131 cm³/mol. The summed E-state index contributed by atoms with van der Waals surface area (Å²) in [4.78, 5) is 26.6. The molecule has 39 heavy (non-hydrogen) atoms. The Labute approximate surface area is 221 Å². The Balaban J connectivity index is 1.37. The quantitative estimate of drug-likeness (QED) is 0.338. The van der Waals surface area contributed by atoms with Crippen LogP contribution in [0.4, 0.5) is 31.1 Å². The van der Waals surface area contributed by atoms with E-state index in [9.17, 15) is 35.9 Å². The van der Waals surface area contributed by atoms with Gasteiger partial charge in [0.05, 0.1) is 53.5 Å². The Morgan fingerprint density at radius 2 is 1.87 bits per heavy atom. The molecule has 206 valence electrons. The summed E-state index contributed by atoms with van der Waals surface area (Å²) >= 11 is 0.799. The van der Waals surface area contributed by atoms with Gasteiger partial charge < -0.3 is 10.1 Å². The topological polar surface area (TPSA) is 76.5 Å². The number of nitrogens with one attached hydrogen (secondary N) is 1. The Kier molecular flexibility index (Phi) is 7.20. The molecule has 5 rings (SSSR count). The van der Waals surface area contributed by atoms with Crippen LogP contribution in [0, 0.1) is 0 Å². The van der Waals surface area contributed by atoms with E-state index in [-0.39, 0.29) is 29.2 Å². The van der Waals surface area contributed by atoms with Crippen molar-refractivity contribution in [1.82, 2.24) is 20.0 Å². The lowest BCUT2D eigenvalue weighted by molar-refractivity contribution is -0.143. The average molecular weight is 571 g/mol. The first-order chi connectivity index (χ1) is 18.4. The zero-order valence-electron chi connectivity index (χ0n) is 20.0. The van der Waals surface area contributed by atoms with Gasteiger partial charge in [-0.2, -0.15) is 31.4 Å². The van der Waals surface area contributed by atoms with Gasteiger partial charge >= 0.3 is 12.4 Å². The Hall–Kier alpha value is -3.36. The number of nitrogens with zero attached hydrogens (tertiary/aromatic N) is 3. The van der Waals surface area contributed by atoms with E-state index in [4.69, 9.17) is 4.74 Å². The van der Waals surface area contributed by atoms with Crippen LogP contribution in [0.3, 0.4) is 0 Å². The average Bonchev–Trinajstić information content (AvgIpc) is 3.38. The highest BCUT2D eigenvalue weighted by Gasteiger charge is 2.39. The minimum atomic E-state index is -4.99. The van der Waals surface area contributed by atoms with Crippen LogP contribution in [-0.2, 0) is 28.4 Å². The molecular formula is C25H20F6N4O3S. The number of halogens is 6. The highest BCUT2D eigenvalue weighted by Crippen LogP contribution is 2.38. The maximum absolute atomic E-state index is 13.6. The van der Waals surface area contributed by atoms with Crippen molar-refractivity contribution in [3.05, 3.63) is 69.8 Å². The number of aromatic nitrogens is 2. The second-order valence-electron chi connectivity index (χ2n) is 8.98. The van der Waals surface area contributed by atoms with Gasteiger partial charge in [-0.3, -0.25) is 19.2 Å². The van der Waals surface area contributed by atoms with Gasteiger partial charge in [0.1, 0.15) is 0 Å². The number of hydrogen-bond acceptors (Lipinski definition) is 6. The van der Waals surface area contributed by atoms with Gasteiger partial charge in [-0.1, -0.05) is 12.1 Å². The molecule has 0 spiro atoms. The van der Waals surface area contributed by atoms with Crippen molar-refractivity contribution in [3.63, 3.8) is 0 Å². The number of hydrogen-bond donors (Lipinski definition) is 1. The van der Waals surface area contributed by atoms with Crippen LogP contribution in [0.2, 0.25) is 0 Å². The molecule has 3 heterocycles. The van der Waals surface area contributed by atoms with Crippen LogP contribution < -0.4 is 5.32 Å². The number of carbonyl (C=O) groups is 2. The summed E-state index contributed by atoms with van der Waals surface area (Å²) in [5, 5.41) is 7.37. The van der Waals surface area contributed by atoms with Gasteiger partial charge in [-0.15, -0.1) is 0 Å². The molecule has 2 aromatic carbocycles. The third kappa shape index (κ3) is 5.82. The Bertz CT molecular complexity index is 1460. The fourth-order valence-corrected chi connectivity index (χ4v) is 5.23. The van der Waals surface area contributed by atoms with Crippen LogP contribution in [0.5, 0.6) is 0 Å². The van der Waals surface area contributed by atoms with Gasteiger partial charge in [0.15, 0.2) is 0 Å². The maximum Gasteiger partial charge on any atom is 0.416 e. The molecule has 1 aromatic heterocycles. The van der Waals surface area contributed by atoms with E-state index < -0.39 is 41.2 Å². The second kappa shape index (κ2) is 10.3. The van der Waals surface area contributed by atoms with Crippen LogP contribution in [0.15, 0.2) is 47.5 Å². The van der Waals surface area contributed by atoms with Crippen LogP contribution in [-0.4, -0.2) is 58.2 Å². The van der Waals surface area contributed by atoms with E-state index in [1.165, 1.54) is 10.9 Å². The summed E-state index contributed by atoms with van der Waals surface area (Å²) in [7, 11) is 0. The molecule has 1 atom stereocenters. The number of thioether (sulfide) groups is 1. The summed E-state index contributed by atoms with van der Waals surface area (Å²) in [5.41, 5.74) is -2.14. The molecule has 2 aliphatic heterocycles. The zero-order chi connectivity index (χ0) is 27.9. The van der Waals surface area contributed by atoms with E-state index in [2.05, 4.69) is 10.4 Å². The number of alkyl halides is 6. The summed E-state index contributed by atoms with van der Waals surface area (Å²) in [6.45, 7) is 1.43. The molecule has 2 amide bonds. The molecule has 7 nitrogen and oxygen atoms in total. The summed E-state index contributed by atoms with van der Waals surface area (Å²) < 4.78 is 86.4. The highest BCUT2D eigenvalue weighted by molar-refractivity contribution is 8.18. The lowest BCUT2D eigenvalue weighted by Crippen LogP contribution is -2.46. The fraction of sp³-hybridized carbons (Fsp3) is 0.320. The molecule has 0 unspecified atom stereocenters. The smallest absolute Gasteiger partial charge is 0.374 e. The molecule has 0 aliphatic carbocycles. The molecular weight excluding hydrogens is 550 g/mol. The number of rotatable bonds is 5. The van der Waals surface area contributed by atoms with E-state index in [0.29, 0.717) is 42.2 Å². The van der Waals surface area contributed by atoms with Gasteiger partial charge in [-0.25, -0.2) is 0 Å². The summed E-state index contributed by atoms with van der Waals surface area (Å²) in [6.07, 6.45) is -7.25. The molecule has 2 saturated heterocycles. The number of carbonyl (C=O) groups excluding carboxylic acids is 2. The molecule has 0 radical (unpaired) electrons. The second-order valence-corrected chi connectivity index (χ2v) is 9.97. The number of morpholine rings is 1. The first-order valence-corrected chi connectivity index (χ1v) is 12.5. The van der Waals surface area contributed by atoms with Crippen LogP contribution >= 0.6 is 11.8 Å².